The molecular weight excluding hydrogens is 375 g/mol. The van der Waals surface area contributed by atoms with Crippen LogP contribution in [-0.2, 0) is 16.6 Å². The van der Waals surface area contributed by atoms with Crippen molar-refractivity contribution in [3.63, 3.8) is 0 Å². The maximum atomic E-state index is 13.5. The molecule has 0 saturated carbocycles. The Bertz CT molecular complexity index is 850. The molecule has 1 atom stereocenters. The van der Waals surface area contributed by atoms with Crippen LogP contribution < -0.4 is 5.73 Å². The molecule has 3 rings (SSSR count). The van der Waals surface area contributed by atoms with E-state index in [-0.39, 0.29) is 11.6 Å². The molecule has 0 fully saturated rings. The predicted octanol–water partition coefficient (Wildman–Crippen LogP) is 4.09. The Kier molecular flexibility index (Phi) is 4.05. The van der Waals surface area contributed by atoms with Crippen molar-refractivity contribution in [2.45, 2.75) is 10.1 Å². The number of rotatable bonds is 3. The normalized spacial score (nSPS) is 12.7. The van der Waals surface area contributed by atoms with Crippen molar-refractivity contribution in [2.75, 3.05) is 5.73 Å². The van der Waals surface area contributed by atoms with Crippen molar-refractivity contribution in [2.24, 2.45) is 0 Å². The molecule has 1 aromatic heterocycles. The second kappa shape index (κ2) is 5.82. The molecule has 0 bridgehead atoms. The fourth-order valence-corrected chi connectivity index (χ4v) is 4.88. The molecule has 21 heavy (non-hydrogen) atoms. The van der Waals surface area contributed by atoms with Crippen LogP contribution in [0.1, 0.15) is 5.56 Å². The highest BCUT2D eigenvalue weighted by atomic mass is 79.9. The monoisotopic (exact) mass is 384 g/mol. The van der Waals surface area contributed by atoms with Crippen LogP contribution in [-0.4, -0.2) is 9.19 Å². The van der Waals surface area contributed by atoms with E-state index >= 15 is 0 Å². The number of halogens is 2. The van der Waals surface area contributed by atoms with Gasteiger partial charge in [0.15, 0.2) is 4.34 Å². The molecule has 7 heteroatoms. The number of hydrogen-bond acceptors (Lipinski definition) is 4. The van der Waals surface area contributed by atoms with Crippen LogP contribution in [0.5, 0.6) is 0 Å². The Morgan fingerprint density at radius 1 is 1.33 bits per heavy atom. The van der Waals surface area contributed by atoms with Gasteiger partial charge in [0, 0.05) is 5.69 Å². The smallest absolute Gasteiger partial charge is 0.182 e. The third-order valence-corrected chi connectivity index (χ3v) is 6.47. The first kappa shape index (κ1) is 14.6. The van der Waals surface area contributed by atoms with Gasteiger partial charge in [0.05, 0.1) is 31.2 Å². The van der Waals surface area contributed by atoms with Crippen LogP contribution in [0.4, 0.5) is 10.1 Å². The van der Waals surface area contributed by atoms with Gasteiger partial charge in [-0.05, 0) is 45.8 Å². The van der Waals surface area contributed by atoms with E-state index in [0.29, 0.717) is 20.1 Å². The minimum atomic E-state index is -1.32. The van der Waals surface area contributed by atoms with E-state index in [2.05, 4.69) is 20.9 Å². The quantitative estimate of drug-likeness (QED) is 0.691. The van der Waals surface area contributed by atoms with Crippen molar-refractivity contribution in [1.82, 2.24) is 4.98 Å². The fourth-order valence-electron chi connectivity index (χ4n) is 1.88. The summed E-state index contributed by atoms with van der Waals surface area (Å²) < 4.78 is 27.7. The van der Waals surface area contributed by atoms with Gasteiger partial charge in [-0.25, -0.2) is 9.37 Å². The van der Waals surface area contributed by atoms with Crippen LogP contribution in [0, 0.1) is 5.82 Å². The predicted molar refractivity (Wildman–Crippen MR) is 88.2 cm³/mol. The number of hydrogen-bond donors (Lipinski definition) is 1. The van der Waals surface area contributed by atoms with Gasteiger partial charge in [-0.2, -0.15) is 0 Å². The SMILES string of the molecule is Nc1ccc2nc(S(=O)Cc3cccc(F)c3Br)sc2c1. The van der Waals surface area contributed by atoms with Crippen molar-refractivity contribution in [3.05, 3.63) is 52.3 Å². The minimum Gasteiger partial charge on any atom is -0.399 e. The first-order valence-corrected chi connectivity index (χ1v) is 8.95. The van der Waals surface area contributed by atoms with E-state index < -0.39 is 10.8 Å². The fraction of sp³-hybridized carbons (Fsp3) is 0.0714. The van der Waals surface area contributed by atoms with Gasteiger partial charge in [-0.15, -0.1) is 11.3 Å². The molecule has 0 aliphatic carbocycles. The molecule has 0 aliphatic heterocycles. The summed E-state index contributed by atoms with van der Waals surface area (Å²) in [7, 11) is -1.32. The summed E-state index contributed by atoms with van der Waals surface area (Å²) in [6, 6.07) is 10.1. The number of nitrogens with zero attached hydrogens (tertiary/aromatic N) is 1. The Balaban J connectivity index is 1.91. The second-order valence-corrected chi connectivity index (χ2v) is 7.86. The highest BCUT2D eigenvalue weighted by Gasteiger charge is 2.14. The zero-order valence-electron chi connectivity index (χ0n) is 10.7. The summed E-state index contributed by atoms with van der Waals surface area (Å²) in [5, 5.41) is 0. The Hall–Kier alpha value is -1.31. The molecule has 3 aromatic rings. The van der Waals surface area contributed by atoms with E-state index in [0.717, 1.165) is 10.2 Å². The van der Waals surface area contributed by atoms with Gasteiger partial charge in [-0.1, -0.05) is 12.1 Å². The average Bonchev–Trinajstić information content (AvgIpc) is 2.87. The summed E-state index contributed by atoms with van der Waals surface area (Å²) in [5.74, 6) is -0.144. The molecule has 2 aromatic carbocycles. The minimum absolute atomic E-state index is 0.216. The summed E-state index contributed by atoms with van der Waals surface area (Å²) in [4.78, 5) is 4.36. The van der Waals surface area contributed by atoms with E-state index in [9.17, 15) is 8.60 Å². The zero-order valence-corrected chi connectivity index (χ0v) is 13.9. The topological polar surface area (TPSA) is 56.0 Å². The van der Waals surface area contributed by atoms with Gasteiger partial charge >= 0.3 is 0 Å². The van der Waals surface area contributed by atoms with Gasteiger partial charge in [-0.3, -0.25) is 4.21 Å². The van der Waals surface area contributed by atoms with Crippen molar-refractivity contribution >= 4 is 54.0 Å². The number of thiazole rings is 1. The Morgan fingerprint density at radius 3 is 2.95 bits per heavy atom. The largest absolute Gasteiger partial charge is 0.399 e. The highest BCUT2D eigenvalue weighted by Crippen LogP contribution is 2.29. The first-order chi connectivity index (χ1) is 10.0. The van der Waals surface area contributed by atoms with Gasteiger partial charge in [0.2, 0.25) is 0 Å². The average molecular weight is 385 g/mol. The standard InChI is InChI=1S/C14H10BrFN2OS2/c15-13-8(2-1-3-10(13)16)7-21(19)14-18-11-5-4-9(17)6-12(11)20-14/h1-6H,7,17H2. The molecular formula is C14H10BrFN2OS2. The van der Waals surface area contributed by atoms with Crippen LogP contribution in [0.15, 0.2) is 45.2 Å². The molecule has 3 nitrogen and oxygen atoms in total. The number of fused-ring (bicyclic) bond motifs is 1. The van der Waals surface area contributed by atoms with Crippen LogP contribution in [0.3, 0.4) is 0 Å². The van der Waals surface area contributed by atoms with Crippen molar-refractivity contribution < 1.29 is 8.60 Å². The zero-order chi connectivity index (χ0) is 15.0. The summed E-state index contributed by atoms with van der Waals surface area (Å²) in [5.41, 5.74) is 7.81. The van der Waals surface area contributed by atoms with Crippen molar-refractivity contribution in [3.8, 4) is 0 Å². The lowest BCUT2D eigenvalue weighted by molar-refractivity contribution is 0.619. The number of aromatic nitrogens is 1. The maximum Gasteiger partial charge on any atom is 0.182 e. The first-order valence-electron chi connectivity index (χ1n) is 6.02. The van der Waals surface area contributed by atoms with Gasteiger partial charge in [0.1, 0.15) is 5.82 Å². The molecule has 0 amide bonds. The molecule has 0 saturated heterocycles. The number of nitrogen functional groups attached to an aromatic ring is 1. The lowest BCUT2D eigenvalue weighted by Gasteiger charge is -2.03. The Morgan fingerprint density at radius 2 is 2.14 bits per heavy atom. The van der Waals surface area contributed by atoms with Crippen LogP contribution >= 0.6 is 27.3 Å². The number of nitrogens with two attached hydrogens (primary N) is 1. The summed E-state index contributed by atoms with van der Waals surface area (Å²) in [6.07, 6.45) is 0. The molecule has 0 aliphatic rings. The lowest BCUT2D eigenvalue weighted by Crippen LogP contribution is -1.98. The van der Waals surface area contributed by atoms with E-state index in [4.69, 9.17) is 5.73 Å². The third-order valence-electron chi connectivity index (χ3n) is 2.91. The molecule has 1 heterocycles. The highest BCUT2D eigenvalue weighted by molar-refractivity contribution is 9.10. The second-order valence-electron chi connectivity index (χ2n) is 4.41. The molecule has 108 valence electrons. The lowest BCUT2D eigenvalue weighted by atomic mass is 10.2. The summed E-state index contributed by atoms with van der Waals surface area (Å²) in [6.45, 7) is 0. The van der Waals surface area contributed by atoms with E-state index in [1.807, 2.05) is 6.07 Å². The molecule has 0 radical (unpaired) electrons. The van der Waals surface area contributed by atoms with Gasteiger partial charge in [0.25, 0.3) is 0 Å². The van der Waals surface area contributed by atoms with Crippen LogP contribution in [0.25, 0.3) is 10.2 Å². The number of anilines is 1. The Labute approximate surface area is 135 Å². The van der Waals surface area contributed by atoms with Crippen molar-refractivity contribution in [1.29, 1.82) is 0 Å². The summed E-state index contributed by atoms with van der Waals surface area (Å²) >= 11 is 4.53. The maximum absolute atomic E-state index is 13.5. The molecule has 2 N–H and O–H groups in total. The molecule has 0 spiro atoms. The molecule has 1 unspecified atom stereocenters. The third kappa shape index (κ3) is 3.00. The number of benzene rings is 2. The van der Waals surface area contributed by atoms with E-state index in [1.54, 1.807) is 24.3 Å². The van der Waals surface area contributed by atoms with Gasteiger partial charge < -0.3 is 5.73 Å². The van der Waals surface area contributed by atoms with Crippen LogP contribution in [0.2, 0.25) is 0 Å². The van der Waals surface area contributed by atoms with E-state index in [1.165, 1.54) is 17.4 Å².